The third kappa shape index (κ3) is 6.45. The van der Waals surface area contributed by atoms with E-state index in [4.69, 9.17) is 10.5 Å². The normalized spacial score (nSPS) is 10.5. The van der Waals surface area contributed by atoms with Crippen LogP contribution in [0.1, 0.15) is 25.8 Å². The van der Waals surface area contributed by atoms with Gasteiger partial charge in [0.25, 0.3) is 0 Å². The first-order valence-corrected chi connectivity index (χ1v) is 6.13. The summed E-state index contributed by atoms with van der Waals surface area (Å²) in [7, 11) is 1.66. The first kappa shape index (κ1) is 17.7. The molecular weight excluding hydrogens is 264 g/mol. The molecule has 5 heteroatoms. The lowest BCUT2D eigenvalue weighted by Gasteiger charge is -2.17. The molecule has 0 unspecified atom stereocenters. The monoisotopic (exact) mass is 286 g/mol. The molecule has 1 rings (SSSR count). The SMILES string of the molecule is COc1cccc(CCCNC(=O)C(C)(C)N)c1.Cl. The van der Waals surface area contributed by atoms with Gasteiger partial charge in [0.1, 0.15) is 5.75 Å². The predicted molar refractivity (Wildman–Crippen MR) is 79.8 cm³/mol. The van der Waals surface area contributed by atoms with E-state index in [-0.39, 0.29) is 18.3 Å². The van der Waals surface area contributed by atoms with Gasteiger partial charge in [0.15, 0.2) is 0 Å². The molecule has 0 aliphatic rings. The highest BCUT2D eigenvalue weighted by Gasteiger charge is 2.20. The molecule has 0 saturated carbocycles. The Labute approximate surface area is 121 Å². The summed E-state index contributed by atoms with van der Waals surface area (Å²) in [6.45, 7) is 4.03. The maximum atomic E-state index is 11.5. The van der Waals surface area contributed by atoms with Gasteiger partial charge in [-0.1, -0.05) is 12.1 Å². The Hall–Kier alpha value is -1.26. The highest BCUT2D eigenvalue weighted by atomic mass is 35.5. The Balaban J connectivity index is 0.00000324. The van der Waals surface area contributed by atoms with Crippen molar-refractivity contribution in [2.24, 2.45) is 5.73 Å². The zero-order chi connectivity index (χ0) is 13.6. The van der Waals surface area contributed by atoms with Crippen LogP contribution in [0.5, 0.6) is 5.75 Å². The molecule has 0 saturated heterocycles. The fraction of sp³-hybridized carbons (Fsp3) is 0.500. The fourth-order valence-corrected chi connectivity index (χ4v) is 1.55. The molecule has 19 heavy (non-hydrogen) atoms. The molecule has 1 aromatic carbocycles. The molecule has 0 fully saturated rings. The number of nitrogens with two attached hydrogens (primary N) is 1. The van der Waals surface area contributed by atoms with E-state index in [9.17, 15) is 4.79 Å². The molecule has 0 aromatic heterocycles. The first-order chi connectivity index (χ1) is 8.43. The lowest BCUT2D eigenvalue weighted by molar-refractivity contribution is -0.125. The number of ether oxygens (including phenoxy) is 1. The van der Waals surface area contributed by atoms with Crippen LogP contribution in [0.4, 0.5) is 0 Å². The predicted octanol–water partition coefficient (Wildman–Crippen LogP) is 1.90. The third-order valence-electron chi connectivity index (χ3n) is 2.65. The van der Waals surface area contributed by atoms with E-state index in [1.54, 1.807) is 21.0 Å². The Morgan fingerprint density at radius 1 is 1.42 bits per heavy atom. The zero-order valence-corrected chi connectivity index (χ0v) is 12.5. The minimum absolute atomic E-state index is 0. The Morgan fingerprint density at radius 2 is 2.11 bits per heavy atom. The summed E-state index contributed by atoms with van der Waals surface area (Å²) in [4.78, 5) is 11.5. The lowest BCUT2D eigenvalue weighted by atomic mass is 10.1. The standard InChI is InChI=1S/C14H22N2O2.ClH/c1-14(2,15)13(17)16-9-5-7-11-6-4-8-12(10-11)18-3;/h4,6,8,10H,5,7,9,15H2,1-3H3,(H,16,17);1H. The Morgan fingerprint density at radius 3 is 2.68 bits per heavy atom. The number of carbonyl (C=O) groups excluding carboxylic acids is 1. The van der Waals surface area contributed by atoms with Crippen LogP contribution in [0, 0.1) is 0 Å². The van der Waals surface area contributed by atoms with Crippen molar-refractivity contribution in [2.45, 2.75) is 32.2 Å². The van der Waals surface area contributed by atoms with Crippen LogP contribution in [0.25, 0.3) is 0 Å². The number of carbonyl (C=O) groups is 1. The van der Waals surface area contributed by atoms with Crippen molar-refractivity contribution < 1.29 is 9.53 Å². The molecule has 0 radical (unpaired) electrons. The highest BCUT2D eigenvalue weighted by molar-refractivity contribution is 5.85. The van der Waals surface area contributed by atoms with Gasteiger partial charge in [-0.2, -0.15) is 0 Å². The van der Waals surface area contributed by atoms with E-state index in [2.05, 4.69) is 11.4 Å². The summed E-state index contributed by atoms with van der Waals surface area (Å²) in [6, 6.07) is 7.95. The van der Waals surface area contributed by atoms with Gasteiger partial charge in [-0.05, 0) is 44.4 Å². The second-order valence-corrected chi connectivity index (χ2v) is 4.93. The van der Waals surface area contributed by atoms with Gasteiger partial charge < -0.3 is 15.8 Å². The van der Waals surface area contributed by atoms with Crippen LogP contribution in [-0.4, -0.2) is 25.1 Å². The number of halogens is 1. The number of hydrogen-bond acceptors (Lipinski definition) is 3. The number of rotatable bonds is 6. The molecule has 0 aliphatic carbocycles. The topological polar surface area (TPSA) is 64.3 Å². The van der Waals surface area contributed by atoms with Crippen molar-refractivity contribution >= 4 is 18.3 Å². The summed E-state index contributed by atoms with van der Waals surface area (Å²) < 4.78 is 5.16. The third-order valence-corrected chi connectivity index (χ3v) is 2.65. The summed E-state index contributed by atoms with van der Waals surface area (Å²) in [6.07, 6.45) is 1.79. The van der Waals surface area contributed by atoms with E-state index in [1.165, 1.54) is 5.56 Å². The van der Waals surface area contributed by atoms with Gasteiger partial charge in [0.2, 0.25) is 5.91 Å². The molecule has 0 heterocycles. The Kier molecular flexibility index (Phi) is 7.49. The summed E-state index contributed by atoms with van der Waals surface area (Å²) >= 11 is 0. The van der Waals surface area contributed by atoms with Gasteiger partial charge in [0, 0.05) is 6.54 Å². The minimum atomic E-state index is -0.810. The molecule has 4 nitrogen and oxygen atoms in total. The molecule has 0 atom stereocenters. The van der Waals surface area contributed by atoms with E-state index in [1.807, 2.05) is 18.2 Å². The molecular formula is C14H23ClN2O2. The van der Waals surface area contributed by atoms with Crippen LogP contribution in [0.15, 0.2) is 24.3 Å². The van der Waals surface area contributed by atoms with Crippen LogP contribution >= 0.6 is 12.4 Å². The van der Waals surface area contributed by atoms with Crippen LogP contribution in [0.2, 0.25) is 0 Å². The van der Waals surface area contributed by atoms with Crippen molar-refractivity contribution in [1.82, 2.24) is 5.32 Å². The second-order valence-electron chi connectivity index (χ2n) is 4.93. The number of amides is 1. The van der Waals surface area contributed by atoms with Crippen molar-refractivity contribution in [3.63, 3.8) is 0 Å². The van der Waals surface area contributed by atoms with Crippen LogP contribution in [0.3, 0.4) is 0 Å². The molecule has 1 amide bonds. The molecule has 0 spiro atoms. The van der Waals surface area contributed by atoms with Crippen molar-refractivity contribution in [3.05, 3.63) is 29.8 Å². The maximum absolute atomic E-state index is 11.5. The van der Waals surface area contributed by atoms with Crippen molar-refractivity contribution in [1.29, 1.82) is 0 Å². The average molecular weight is 287 g/mol. The maximum Gasteiger partial charge on any atom is 0.239 e. The van der Waals surface area contributed by atoms with Gasteiger partial charge in [-0.15, -0.1) is 12.4 Å². The van der Waals surface area contributed by atoms with Gasteiger partial charge >= 0.3 is 0 Å². The minimum Gasteiger partial charge on any atom is -0.497 e. The van der Waals surface area contributed by atoms with Crippen LogP contribution < -0.4 is 15.8 Å². The van der Waals surface area contributed by atoms with Crippen LogP contribution in [-0.2, 0) is 11.2 Å². The van der Waals surface area contributed by atoms with E-state index in [0.29, 0.717) is 6.54 Å². The summed E-state index contributed by atoms with van der Waals surface area (Å²) in [5.41, 5.74) is 6.08. The first-order valence-electron chi connectivity index (χ1n) is 6.13. The van der Waals surface area contributed by atoms with E-state index < -0.39 is 5.54 Å². The quantitative estimate of drug-likeness (QED) is 0.785. The smallest absolute Gasteiger partial charge is 0.239 e. The molecule has 108 valence electrons. The van der Waals surface area contributed by atoms with Crippen molar-refractivity contribution in [3.8, 4) is 5.75 Å². The summed E-state index contributed by atoms with van der Waals surface area (Å²) in [5, 5.41) is 2.83. The number of methoxy groups -OCH3 is 1. The number of benzene rings is 1. The molecule has 0 bridgehead atoms. The van der Waals surface area contributed by atoms with E-state index >= 15 is 0 Å². The largest absolute Gasteiger partial charge is 0.497 e. The molecule has 1 aromatic rings. The van der Waals surface area contributed by atoms with Crippen molar-refractivity contribution in [2.75, 3.05) is 13.7 Å². The Bertz CT molecular complexity index is 403. The number of aryl methyl sites for hydroxylation is 1. The van der Waals surface area contributed by atoms with Gasteiger partial charge in [-0.3, -0.25) is 4.79 Å². The number of hydrogen-bond donors (Lipinski definition) is 2. The van der Waals surface area contributed by atoms with Gasteiger partial charge in [0.05, 0.1) is 12.6 Å². The molecule has 3 N–H and O–H groups in total. The summed E-state index contributed by atoms with van der Waals surface area (Å²) in [5.74, 6) is 0.743. The second kappa shape index (κ2) is 8.02. The highest BCUT2D eigenvalue weighted by Crippen LogP contribution is 2.13. The van der Waals surface area contributed by atoms with E-state index in [0.717, 1.165) is 18.6 Å². The zero-order valence-electron chi connectivity index (χ0n) is 11.7. The average Bonchev–Trinajstić information content (AvgIpc) is 2.33. The number of nitrogens with one attached hydrogen (secondary N) is 1. The lowest BCUT2D eigenvalue weighted by Crippen LogP contribution is -2.49. The fourth-order valence-electron chi connectivity index (χ4n) is 1.55. The van der Waals surface area contributed by atoms with Gasteiger partial charge in [-0.25, -0.2) is 0 Å². The molecule has 0 aliphatic heterocycles.